The molecule has 1 aromatic carbocycles. The van der Waals surface area contributed by atoms with Crippen LogP contribution in [0.2, 0.25) is 0 Å². The van der Waals surface area contributed by atoms with E-state index in [0.717, 1.165) is 28.8 Å². The molecule has 0 aliphatic carbocycles. The van der Waals surface area contributed by atoms with Crippen LogP contribution in [0.1, 0.15) is 11.1 Å². The van der Waals surface area contributed by atoms with Crippen molar-refractivity contribution in [2.75, 3.05) is 11.1 Å². The van der Waals surface area contributed by atoms with Gasteiger partial charge in [0.25, 0.3) is 0 Å². The van der Waals surface area contributed by atoms with Crippen molar-refractivity contribution in [1.82, 2.24) is 9.97 Å². The predicted octanol–water partition coefficient (Wildman–Crippen LogP) is 3.13. The molecule has 0 saturated heterocycles. The third-order valence-electron chi connectivity index (χ3n) is 3.37. The number of nitrogens with two attached hydrogens (primary N) is 1. The van der Waals surface area contributed by atoms with Gasteiger partial charge in [-0.3, -0.25) is 9.97 Å². The summed E-state index contributed by atoms with van der Waals surface area (Å²) in [5, 5.41) is 4.53. The summed E-state index contributed by atoms with van der Waals surface area (Å²) >= 11 is 0. The van der Waals surface area contributed by atoms with Gasteiger partial charge in [-0.15, -0.1) is 0 Å². The van der Waals surface area contributed by atoms with Crippen molar-refractivity contribution in [3.05, 3.63) is 60.0 Å². The van der Waals surface area contributed by atoms with Gasteiger partial charge in [0.05, 0.1) is 5.52 Å². The van der Waals surface area contributed by atoms with Gasteiger partial charge in [-0.05, 0) is 48.4 Å². The zero-order valence-electron chi connectivity index (χ0n) is 11.3. The van der Waals surface area contributed by atoms with Gasteiger partial charge < -0.3 is 11.1 Å². The fourth-order valence-electron chi connectivity index (χ4n) is 2.21. The molecule has 2 aromatic heterocycles. The number of benzene rings is 1. The minimum atomic E-state index is 0.729. The molecule has 0 radical (unpaired) electrons. The van der Waals surface area contributed by atoms with Gasteiger partial charge in [-0.2, -0.15) is 0 Å². The van der Waals surface area contributed by atoms with E-state index in [1.807, 2.05) is 42.7 Å². The van der Waals surface area contributed by atoms with Crippen LogP contribution < -0.4 is 11.1 Å². The van der Waals surface area contributed by atoms with Crippen LogP contribution in [0.15, 0.2) is 48.9 Å². The molecule has 4 heteroatoms. The lowest BCUT2D eigenvalue weighted by Crippen LogP contribution is -2.02. The monoisotopic (exact) mass is 264 g/mol. The van der Waals surface area contributed by atoms with Crippen molar-refractivity contribution < 1.29 is 0 Å². The van der Waals surface area contributed by atoms with E-state index >= 15 is 0 Å². The van der Waals surface area contributed by atoms with Gasteiger partial charge in [0.1, 0.15) is 0 Å². The average molecular weight is 264 g/mol. The molecule has 0 amide bonds. The molecule has 20 heavy (non-hydrogen) atoms. The highest BCUT2D eigenvalue weighted by Crippen LogP contribution is 2.24. The first-order valence-corrected chi connectivity index (χ1v) is 6.51. The minimum Gasteiger partial charge on any atom is -0.399 e. The van der Waals surface area contributed by atoms with Gasteiger partial charge in [-0.1, -0.05) is 0 Å². The highest BCUT2D eigenvalue weighted by atomic mass is 14.9. The van der Waals surface area contributed by atoms with Crippen LogP contribution in [0.3, 0.4) is 0 Å². The molecule has 4 nitrogen and oxygen atoms in total. The van der Waals surface area contributed by atoms with Crippen LogP contribution in [-0.2, 0) is 6.54 Å². The molecule has 3 aromatic rings. The summed E-state index contributed by atoms with van der Waals surface area (Å²) in [6.07, 6.45) is 5.49. The maximum atomic E-state index is 5.79. The van der Waals surface area contributed by atoms with Gasteiger partial charge in [0.15, 0.2) is 0 Å². The summed E-state index contributed by atoms with van der Waals surface area (Å²) in [5.41, 5.74) is 10.9. The summed E-state index contributed by atoms with van der Waals surface area (Å²) in [5.74, 6) is 0. The molecule has 0 unspecified atom stereocenters. The summed E-state index contributed by atoms with van der Waals surface area (Å²) in [4.78, 5) is 8.45. The Labute approximate surface area is 117 Å². The Morgan fingerprint density at radius 1 is 1.15 bits per heavy atom. The molecule has 0 saturated carbocycles. The number of pyridine rings is 2. The fourth-order valence-corrected chi connectivity index (χ4v) is 2.21. The molecule has 2 heterocycles. The Kier molecular flexibility index (Phi) is 3.21. The normalized spacial score (nSPS) is 10.7. The highest BCUT2D eigenvalue weighted by molar-refractivity contribution is 5.92. The molecule has 0 spiro atoms. The molecule has 100 valence electrons. The van der Waals surface area contributed by atoms with Crippen molar-refractivity contribution in [3.8, 4) is 0 Å². The number of anilines is 2. The first-order chi connectivity index (χ1) is 9.74. The Morgan fingerprint density at radius 2 is 2.05 bits per heavy atom. The summed E-state index contributed by atoms with van der Waals surface area (Å²) in [6, 6.07) is 9.79. The first-order valence-electron chi connectivity index (χ1n) is 6.51. The number of rotatable bonds is 3. The molecule has 0 aliphatic heterocycles. The number of hydrogen-bond donors (Lipinski definition) is 2. The molecule has 3 rings (SSSR count). The topological polar surface area (TPSA) is 63.8 Å². The number of aryl methyl sites for hydroxylation is 1. The van der Waals surface area contributed by atoms with Gasteiger partial charge in [0.2, 0.25) is 0 Å². The molecule has 0 fully saturated rings. The lowest BCUT2D eigenvalue weighted by Gasteiger charge is -2.11. The van der Waals surface area contributed by atoms with E-state index in [1.165, 1.54) is 11.1 Å². The van der Waals surface area contributed by atoms with Crippen LogP contribution in [0, 0.1) is 6.92 Å². The Hall–Kier alpha value is -2.62. The Morgan fingerprint density at radius 3 is 2.90 bits per heavy atom. The number of hydrogen-bond acceptors (Lipinski definition) is 4. The maximum absolute atomic E-state index is 5.79. The number of nitrogens with one attached hydrogen (secondary N) is 1. The maximum Gasteiger partial charge on any atom is 0.0743 e. The van der Waals surface area contributed by atoms with E-state index in [9.17, 15) is 0 Å². The largest absolute Gasteiger partial charge is 0.399 e. The second-order valence-corrected chi connectivity index (χ2v) is 4.79. The van der Waals surface area contributed by atoms with Crippen LogP contribution in [0.25, 0.3) is 10.9 Å². The van der Waals surface area contributed by atoms with Crippen LogP contribution in [0.4, 0.5) is 11.4 Å². The third kappa shape index (κ3) is 2.40. The van der Waals surface area contributed by atoms with Crippen molar-refractivity contribution in [3.63, 3.8) is 0 Å². The van der Waals surface area contributed by atoms with Crippen molar-refractivity contribution in [2.45, 2.75) is 13.5 Å². The molecular formula is C16H16N4. The minimum absolute atomic E-state index is 0.729. The van der Waals surface area contributed by atoms with Crippen molar-refractivity contribution in [1.29, 1.82) is 0 Å². The highest BCUT2D eigenvalue weighted by Gasteiger charge is 2.03. The first kappa shape index (κ1) is 12.4. The second-order valence-electron chi connectivity index (χ2n) is 4.79. The van der Waals surface area contributed by atoms with Gasteiger partial charge in [-0.25, -0.2) is 0 Å². The summed E-state index contributed by atoms with van der Waals surface area (Å²) < 4.78 is 0. The SMILES string of the molecule is Cc1cnccc1CNc1ccnc2cc(N)ccc12. The van der Waals surface area contributed by atoms with E-state index in [4.69, 9.17) is 5.73 Å². The zero-order valence-corrected chi connectivity index (χ0v) is 11.3. The quantitative estimate of drug-likeness (QED) is 0.713. The van der Waals surface area contributed by atoms with E-state index in [-0.39, 0.29) is 0 Å². The predicted molar refractivity (Wildman–Crippen MR) is 82.5 cm³/mol. The molecule has 0 atom stereocenters. The summed E-state index contributed by atoms with van der Waals surface area (Å²) in [7, 11) is 0. The van der Waals surface area contributed by atoms with Crippen LogP contribution in [-0.4, -0.2) is 9.97 Å². The van der Waals surface area contributed by atoms with E-state index < -0.39 is 0 Å². The van der Waals surface area contributed by atoms with Crippen molar-refractivity contribution >= 4 is 22.3 Å². The molecule has 0 bridgehead atoms. The number of nitrogens with zero attached hydrogens (tertiary/aromatic N) is 2. The van der Waals surface area contributed by atoms with E-state index in [0.29, 0.717) is 0 Å². The Balaban J connectivity index is 1.90. The van der Waals surface area contributed by atoms with Gasteiger partial charge >= 0.3 is 0 Å². The van der Waals surface area contributed by atoms with Gasteiger partial charge in [0, 0.05) is 41.9 Å². The molecular weight excluding hydrogens is 248 g/mol. The third-order valence-corrected chi connectivity index (χ3v) is 3.37. The van der Waals surface area contributed by atoms with E-state index in [1.54, 1.807) is 6.20 Å². The zero-order chi connectivity index (χ0) is 13.9. The molecule has 3 N–H and O–H groups in total. The van der Waals surface area contributed by atoms with Crippen LogP contribution in [0.5, 0.6) is 0 Å². The molecule has 0 aliphatic rings. The van der Waals surface area contributed by atoms with Crippen LogP contribution >= 0.6 is 0 Å². The lowest BCUT2D eigenvalue weighted by molar-refractivity contribution is 1.09. The number of nitrogen functional groups attached to an aromatic ring is 1. The fraction of sp³-hybridized carbons (Fsp3) is 0.125. The Bertz CT molecular complexity index is 752. The smallest absolute Gasteiger partial charge is 0.0743 e. The van der Waals surface area contributed by atoms with E-state index in [2.05, 4.69) is 22.2 Å². The second kappa shape index (κ2) is 5.17. The number of aromatic nitrogens is 2. The summed E-state index contributed by atoms with van der Waals surface area (Å²) in [6.45, 7) is 2.83. The standard InChI is InChI=1S/C16H16N4/c1-11-9-18-6-4-12(11)10-20-15-5-7-19-16-8-13(17)2-3-14(15)16/h2-9H,10,17H2,1H3,(H,19,20). The average Bonchev–Trinajstić information content (AvgIpc) is 2.46. The number of fused-ring (bicyclic) bond motifs is 1. The van der Waals surface area contributed by atoms with Crippen molar-refractivity contribution in [2.24, 2.45) is 0 Å². The lowest BCUT2D eigenvalue weighted by atomic mass is 10.1.